The van der Waals surface area contributed by atoms with Gasteiger partial charge >= 0.3 is 0 Å². The first kappa shape index (κ1) is 16.2. The molecule has 1 aromatic rings. The average molecular weight is 263 g/mol. The van der Waals surface area contributed by atoms with Crippen molar-refractivity contribution in [2.75, 3.05) is 19.6 Å². The maximum absolute atomic E-state index is 10.1. The minimum absolute atomic E-state index is 0.231. The fourth-order valence-corrected chi connectivity index (χ4v) is 2.28. The summed E-state index contributed by atoms with van der Waals surface area (Å²) in [6.45, 7) is 11.8. The van der Waals surface area contributed by atoms with Crippen LogP contribution < -0.4 is 0 Å². The van der Waals surface area contributed by atoms with Crippen LogP contribution in [0.2, 0.25) is 0 Å². The normalized spacial score (nSPS) is 13.2. The molecular weight excluding hydrogens is 234 g/mol. The van der Waals surface area contributed by atoms with E-state index in [4.69, 9.17) is 0 Å². The zero-order valence-corrected chi connectivity index (χ0v) is 12.9. The van der Waals surface area contributed by atoms with Gasteiger partial charge in [0.25, 0.3) is 0 Å². The lowest BCUT2D eigenvalue weighted by Crippen LogP contribution is -2.27. The van der Waals surface area contributed by atoms with Crippen LogP contribution in [0.3, 0.4) is 0 Å². The Hall–Kier alpha value is -0.860. The van der Waals surface area contributed by atoms with E-state index in [9.17, 15) is 5.11 Å². The summed E-state index contributed by atoms with van der Waals surface area (Å²) in [5, 5.41) is 10.1. The number of aliphatic hydroxyl groups is 1. The molecule has 108 valence electrons. The summed E-state index contributed by atoms with van der Waals surface area (Å²) in [7, 11) is 0. The van der Waals surface area contributed by atoms with Crippen molar-refractivity contribution < 1.29 is 5.11 Å². The summed E-state index contributed by atoms with van der Waals surface area (Å²) in [4.78, 5) is 2.35. The molecule has 1 atom stereocenters. The van der Waals surface area contributed by atoms with E-state index >= 15 is 0 Å². The zero-order chi connectivity index (χ0) is 14.3. The molecule has 0 aliphatic carbocycles. The predicted octanol–water partition coefficient (Wildman–Crippen LogP) is 3.45. The number of aliphatic hydroxyl groups excluding tert-OH is 1. The fraction of sp³-hybridized carbons (Fsp3) is 0.647. The SMILES string of the molecule is CCN(CC)CCC(O)Cc1ccc(C(C)C)cc1. The second-order valence-electron chi connectivity index (χ2n) is 5.57. The first-order valence-corrected chi connectivity index (χ1v) is 7.56. The van der Waals surface area contributed by atoms with Crippen LogP contribution in [0.4, 0.5) is 0 Å². The van der Waals surface area contributed by atoms with Crippen LogP contribution in [0.5, 0.6) is 0 Å². The number of rotatable bonds is 8. The van der Waals surface area contributed by atoms with Gasteiger partial charge in [-0.2, -0.15) is 0 Å². The Labute approximate surface area is 118 Å². The van der Waals surface area contributed by atoms with Crippen molar-refractivity contribution >= 4 is 0 Å². The van der Waals surface area contributed by atoms with Gasteiger partial charge in [0.05, 0.1) is 6.10 Å². The summed E-state index contributed by atoms with van der Waals surface area (Å²) in [6.07, 6.45) is 1.39. The minimum atomic E-state index is -0.231. The van der Waals surface area contributed by atoms with Crippen LogP contribution in [0, 0.1) is 0 Å². The summed E-state index contributed by atoms with van der Waals surface area (Å²) in [6, 6.07) is 8.65. The van der Waals surface area contributed by atoms with E-state index in [0.717, 1.165) is 32.5 Å². The summed E-state index contributed by atoms with van der Waals surface area (Å²) >= 11 is 0. The quantitative estimate of drug-likeness (QED) is 0.776. The predicted molar refractivity (Wildman–Crippen MR) is 82.6 cm³/mol. The molecule has 2 heteroatoms. The molecule has 0 aliphatic rings. The van der Waals surface area contributed by atoms with Crippen molar-refractivity contribution in [3.63, 3.8) is 0 Å². The lowest BCUT2D eigenvalue weighted by Gasteiger charge is -2.20. The van der Waals surface area contributed by atoms with Gasteiger partial charge in [-0.25, -0.2) is 0 Å². The Kier molecular flexibility index (Phi) is 7.11. The first-order chi connectivity index (χ1) is 9.06. The monoisotopic (exact) mass is 263 g/mol. The van der Waals surface area contributed by atoms with Crippen molar-refractivity contribution in [2.24, 2.45) is 0 Å². The van der Waals surface area contributed by atoms with Gasteiger partial charge in [0.2, 0.25) is 0 Å². The molecule has 0 fully saturated rings. The third-order valence-corrected chi connectivity index (χ3v) is 3.79. The van der Waals surface area contributed by atoms with Crippen LogP contribution >= 0.6 is 0 Å². The lowest BCUT2D eigenvalue weighted by molar-refractivity contribution is 0.143. The molecule has 0 aromatic heterocycles. The Bertz CT molecular complexity index is 341. The van der Waals surface area contributed by atoms with Crippen molar-refractivity contribution in [3.05, 3.63) is 35.4 Å². The lowest BCUT2D eigenvalue weighted by atomic mass is 9.99. The maximum Gasteiger partial charge on any atom is 0.0592 e. The van der Waals surface area contributed by atoms with Crippen molar-refractivity contribution in [1.29, 1.82) is 0 Å². The number of hydrogen-bond acceptors (Lipinski definition) is 2. The summed E-state index contributed by atoms with van der Waals surface area (Å²) in [5.41, 5.74) is 2.60. The van der Waals surface area contributed by atoms with Crippen molar-refractivity contribution in [1.82, 2.24) is 4.90 Å². The van der Waals surface area contributed by atoms with Crippen LogP contribution in [0.25, 0.3) is 0 Å². The number of hydrogen-bond donors (Lipinski definition) is 1. The Balaban J connectivity index is 2.41. The van der Waals surface area contributed by atoms with Crippen molar-refractivity contribution in [3.8, 4) is 0 Å². The van der Waals surface area contributed by atoms with Crippen LogP contribution in [-0.2, 0) is 6.42 Å². The van der Waals surface area contributed by atoms with Gasteiger partial charge in [-0.05, 0) is 43.0 Å². The topological polar surface area (TPSA) is 23.5 Å². The second kappa shape index (κ2) is 8.34. The van der Waals surface area contributed by atoms with Gasteiger partial charge < -0.3 is 10.0 Å². The number of benzene rings is 1. The second-order valence-corrected chi connectivity index (χ2v) is 5.57. The molecule has 0 amide bonds. The van der Waals surface area contributed by atoms with Crippen LogP contribution in [-0.4, -0.2) is 35.7 Å². The fourth-order valence-electron chi connectivity index (χ4n) is 2.28. The smallest absolute Gasteiger partial charge is 0.0592 e. The molecule has 1 rings (SSSR count). The third-order valence-electron chi connectivity index (χ3n) is 3.79. The van der Waals surface area contributed by atoms with Gasteiger partial charge in [0.15, 0.2) is 0 Å². The first-order valence-electron chi connectivity index (χ1n) is 7.56. The highest BCUT2D eigenvalue weighted by Crippen LogP contribution is 2.16. The van der Waals surface area contributed by atoms with Gasteiger partial charge in [-0.1, -0.05) is 52.0 Å². The highest BCUT2D eigenvalue weighted by Gasteiger charge is 2.08. The molecule has 1 unspecified atom stereocenters. The highest BCUT2D eigenvalue weighted by molar-refractivity contribution is 5.25. The Morgan fingerprint density at radius 3 is 2.11 bits per heavy atom. The van der Waals surface area contributed by atoms with Crippen molar-refractivity contribution in [2.45, 2.75) is 52.6 Å². The molecule has 2 nitrogen and oxygen atoms in total. The van der Waals surface area contributed by atoms with Gasteiger partial charge in [0.1, 0.15) is 0 Å². The Morgan fingerprint density at radius 2 is 1.63 bits per heavy atom. The standard InChI is InChI=1S/C17H29NO/c1-5-18(6-2)12-11-17(19)13-15-7-9-16(10-8-15)14(3)4/h7-10,14,17,19H,5-6,11-13H2,1-4H3. The average Bonchev–Trinajstić information content (AvgIpc) is 2.40. The zero-order valence-electron chi connectivity index (χ0n) is 12.9. The molecule has 1 N–H and O–H groups in total. The largest absolute Gasteiger partial charge is 0.393 e. The van der Waals surface area contributed by atoms with E-state index in [1.54, 1.807) is 0 Å². The van der Waals surface area contributed by atoms with Crippen LogP contribution in [0.1, 0.15) is 51.2 Å². The number of nitrogens with zero attached hydrogens (tertiary/aromatic N) is 1. The molecule has 1 aromatic carbocycles. The van der Waals surface area contributed by atoms with E-state index < -0.39 is 0 Å². The molecule has 19 heavy (non-hydrogen) atoms. The molecule has 0 bridgehead atoms. The maximum atomic E-state index is 10.1. The van der Waals surface area contributed by atoms with E-state index in [2.05, 4.69) is 56.9 Å². The van der Waals surface area contributed by atoms with Crippen LogP contribution in [0.15, 0.2) is 24.3 Å². The molecule has 0 saturated carbocycles. The highest BCUT2D eigenvalue weighted by atomic mass is 16.3. The van der Waals surface area contributed by atoms with E-state index in [1.807, 2.05) is 0 Å². The molecular formula is C17H29NO. The van der Waals surface area contributed by atoms with Gasteiger partial charge in [-0.3, -0.25) is 0 Å². The molecule has 0 spiro atoms. The molecule has 0 aliphatic heterocycles. The van der Waals surface area contributed by atoms with Gasteiger partial charge in [0, 0.05) is 6.54 Å². The third kappa shape index (κ3) is 5.75. The Morgan fingerprint density at radius 1 is 1.05 bits per heavy atom. The van der Waals surface area contributed by atoms with E-state index in [1.165, 1.54) is 11.1 Å². The molecule has 0 radical (unpaired) electrons. The molecule has 0 saturated heterocycles. The van der Waals surface area contributed by atoms with Gasteiger partial charge in [-0.15, -0.1) is 0 Å². The minimum Gasteiger partial charge on any atom is -0.393 e. The van der Waals surface area contributed by atoms with E-state index in [0.29, 0.717) is 5.92 Å². The van der Waals surface area contributed by atoms with E-state index in [-0.39, 0.29) is 6.10 Å². The molecule has 0 heterocycles. The summed E-state index contributed by atoms with van der Waals surface area (Å²) < 4.78 is 0. The summed E-state index contributed by atoms with van der Waals surface area (Å²) in [5.74, 6) is 0.571.